The van der Waals surface area contributed by atoms with Gasteiger partial charge in [0.2, 0.25) is 0 Å². The molecule has 0 aromatic carbocycles. The number of hydrogen-bond acceptors (Lipinski definition) is 2. The summed E-state index contributed by atoms with van der Waals surface area (Å²) < 4.78 is 10.4. The van der Waals surface area contributed by atoms with Crippen LogP contribution in [0.2, 0.25) is 0 Å². The summed E-state index contributed by atoms with van der Waals surface area (Å²) in [6.45, 7) is 6.39. The Labute approximate surface area is 90.5 Å². The predicted octanol–water partition coefficient (Wildman–Crippen LogP) is 2.64. The Bertz CT molecular complexity index is 205. The van der Waals surface area contributed by atoms with Crippen LogP contribution in [0.4, 0.5) is 0 Å². The highest BCUT2D eigenvalue weighted by molar-refractivity contribution is 7.85. The van der Waals surface area contributed by atoms with Gasteiger partial charge in [-0.1, -0.05) is 20.3 Å². The summed E-state index contributed by atoms with van der Waals surface area (Å²) in [5.41, 5.74) is 0.222. The molecule has 84 valence electrons. The van der Waals surface area contributed by atoms with E-state index >= 15 is 0 Å². The van der Waals surface area contributed by atoms with Crippen molar-refractivity contribution in [2.24, 2.45) is 10.3 Å². The molecule has 1 unspecified atom stereocenters. The Morgan fingerprint density at radius 2 is 1.93 bits per heavy atom. The van der Waals surface area contributed by atoms with E-state index in [0.717, 1.165) is 26.1 Å². The number of hydrogen-bond donors (Lipinski definition) is 0. The molecule has 0 saturated carbocycles. The van der Waals surface area contributed by atoms with E-state index < -0.39 is 0 Å². The SMILES string of the molecule is CCC(C)C1(N=S(C)C)CCOCC1. The highest BCUT2D eigenvalue weighted by Crippen LogP contribution is 2.35. The molecule has 0 aromatic heterocycles. The average molecular weight is 217 g/mol. The zero-order chi connectivity index (χ0) is 10.6. The molecule has 0 N–H and O–H groups in total. The van der Waals surface area contributed by atoms with Crippen molar-refractivity contribution in [3.63, 3.8) is 0 Å². The van der Waals surface area contributed by atoms with E-state index in [1.165, 1.54) is 6.42 Å². The Morgan fingerprint density at radius 1 is 1.36 bits per heavy atom. The Morgan fingerprint density at radius 3 is 2.36 bits per heavy atom. The highest BCUT2D eigenvalue weighted by atomic mass is 32.2. The molecule has 1 aliphatic heterocycles. The van der Waals surface area contributed by atoms with E-state index in [1.54, 1.807) is 0 Å². The second-order valence-electron chi connectivity index (χ2n) is 4.39. The number of nitrogens with zero attached hydrogens (tertiary/aromatic N) is 1. The molecule has 1 atom stereocenters. The van der Waals surface area contributed by atoms with Crippen LogP contribution in [0.25, 0.3) is 0 Å². The van der Waals surface area contributed by atoms with E-state index in [-0.39, 0.29) is 16.2 Å². The zero-order valence-electron chi connectivity index (χ0n) is 9.88. The molecule has 1 aliphatic rings. The highest BCUT2D eigenvalue weighted by Gasteiger charge is 2.36. The molecule has 0 bridgehead atoms. The van der Waals surface area contributed by atoms with Crippen molar-refractivity contribution in [2.75, 3.05) is 25.7 Å². The molecular weight excluding hydrogens is 194 g/mol. The van der Waals surface area contributed by atoms with Crippen molar-refractivity contribution in [3.8, 4) is 0 Å². The molecule has 3 heteroatoms. The van der Waals surface area contributed by atoms with Crippen molar-refractivity contribution >= 4 is 10.7 Å². The molecule has 1 fully saturated rings. The third-order valence-electron chi connectivity index (χ3n) is 3.25. The van der Waals surface area contributed by atoms with E-state index in [9.17, 15) is 0 Å². The lowest BCUT2D eigenvalue weighted by molar-refractivity contribution is 0.0345. The van der Waals surface area contributed by atoms with Crippen molar-refractivity contribution in [1.29, 1.82) is 0 Å². The Hall–Kier alpha value is 0.110. The zero-order valence-corrected chi connectivity index (χ0v) is 10.7. The van der Waals surface area contributed by atoms with Gasteiger partial charge in [-0.15, -0.1) is 10.7 Å². The molecule has 1 saturated heterocycles. The van der Waals surface area contributed by atoms with E-state index in [2.05, 4.69) is 26.4 Å². The minimum Gasteiger partial charge on any atom is -0.381 e. The maximum absolute atomic E-state index is 5.44. The fourth-order valence-corrected chi connectivity index (χ4v) is 3.23. The second-order valence-corrected chi connectivity index (χ2v) is 6.12. The summed E-state index contributed by atoms with van der Waals surface area (Å²) in [5.74, 6) is 0.696. The van der Waals surface area contributed by atoms with Crippen molar-refractivity contribution in [3.05, 3.63) is 0 Å². The molecular formula is C11H23NOS. The molecule has 1 rings (SSSR count). The molecule has 0 amide bonds. The summed E-state index contributed by atoms with van der Waals surface area (Å²) in [6.07, 6.45) is 7.88. The van der Waals surface area contributed by atoms with Gasteiger partial charge in [-0.05, 0) is 31.3 Å². The monoisotopic (exact) mass is 217 g/mol. The van der Waals surface area contributed by atoms with E-state index in [1.807, 2.05) is 0 Å². The van der Waals surface area contributed by atoms with Crippen LogP contribution in [0.15, 0.2) is 4.36 Å². The normalized spacial score (nSPS) is 23.5. The van der Waals surface area contributed by atoms with Crippen molar-refractivity contribution in [1.82, 2.24) is 0 Å². The van der Waals surface area contributed by atoms with Gasteiger partial charge in [-0.2, -0.15) is 0 Å². The van der Waals surface area contributed by atoms with Crippen LogP contribution in [0.3, 0.4) is 0 Å². The van der Waals surface area contributed by atoms with Crippen LogP contribution in [0, 0.1) is 5.92 Å². The lowest BCUT2D eigenvalue weighted by Crippen LogP contribution is -2.40. The number of ether oxygens (including phenoxy) is 1. The fourth-order valence-electron chi connectivity index (χ4n) is 2.14. The summed E-state index contributed by atoms with van der Waals surface area (Å²) in [7, 11) is 0.195. The minimum absolute atomic E-state index is 0.195. The maximum atomic E-state index is 5.44. The van der Waals surface area contributed by atoms with Crippen LogP contribution in [0.1, 0.15) is 33.1 Å². The molecule has 2 nitrogen and oxygen atoms in total. The first-order chi connectivity index (χ1) is 6.60. The maximum Gasteiger partial charge on any atom is 0.0745 e. The molecule has 0 spiro atoms. The van der Waals surface area contributed by atoms with Gasteiger partial charge in [-0.3, -0.25) is 4.36 Å². The standard InChI is InChI=1S/C11H23NOS/c1-5-10(2)11(12-14(3)4)6-8-13-9-7-11/h10H,5-9H2,1-4H3. The van der Waals surface area contributed by atoms with Crippen LogP contribution in [-0.2, 0) is 15.4 Å². The van der Waals surface area contributed by atoms with E-state index in [0.29, 0.717) is 5.92 Å². The quantitative estimate of drug-likeness (QED) is 0.712. The Kier molecular flexibility index (Phi) is 4.58. The van der Waals surface area contributed by atoms with Crippen LogP contribution in [-0.4, -0.2) is 31.3 Å². The van der Waals surface area contributed by atoms with Gasteiger partial charge >= 0.3 is 0 Å². The lowest BCUT2D eigenvalue weighted by Gasteiger charge is -2.38. The first-order valence-electron chi connectivity index (χ1n) is 5.49. The van der Waals surface area contributed by atoms with Gasteiger partial charge < -0.3 is 4.74 Å². The summed E-state index contributed by atoms with van der Waals surface area (Å²) in [5, 5.41) is 0. The summed E-state index contributed by atoms with van der Waals surface area (Å²) in [4.78, 5) is 0. The third-order valence-corrected chi connectivity index (χ3v) is 3.98. The van der Waals surface area contributed by atoms with Gasteiger partial charge in [-0.25, -0.2) is 0 Å². The topological polar surface area (TPSA) is 21.6 Å². The molecule has 14 heavy (non-hydrogen) atoms. The molecule has 1 heterocycles. The molecule has 0 aliphatic carbocycles. The fraction of sp³-hybridized carbons (Fsp3) is 1.00. The van der Waals surface area contributed by atoms with Gasteiger partial charge in [0, 0.05) is 13.2 Å². The largest absolute Gasteiger partial charge is 0.381 e. The van der Waals surface area contributed by atoms with Gasteiger partial charge in [0.15, 0.2) is 0 Å². The van der Waals surface area contributed by atoms with Crippen molar-refractivity contribution < 1.29 is 4.74 Å². The van der Waals surface area contributed by atoms with Gasteiger partial charge in [0.1, 0.15) is 0 Å². The van der Waals surface area contributed by atoms with Crippen LogP contribution in [0.5, 0.6) is 0 Å². The molecule has 0 radical (unpaired) electrons. The van der Waals surface area contributed by atoms with Gasteiger partial charge in [0.05, 0.1) is 5.54 Å². The smallest absolute Gasteiger partial charge is 0.0745 e. The molecule has 0 aromatic rings. The second kappa shape index (κ2) is 5.26. The van der Waals surface area contributed by atoms with Crippen LogP contribution >= 0.6 is 0 Å². The lowest BCUT2D eigenvalue weighted by atomic mass is 9.78. The average Bonchev–Trinajstić information content (AvgIpc) is 2.17. The number of rotatable bonds is 3. The summed E-state index contributed by atoms with van der Waals surface area (Å²) >= 11 is 0. The van der Waals surface area contributed by atoms with Crippen molar-refractivity contribution in [2.45, 2.75) is 38.6 Å². The third kappa shape index (κ3) is 2.80. The summed E-state index contributed by atoms with van der Waals surface area (Å²) in [6, 6.07) is 0. The van der Waals surface area contributed by atoms with Crippen LogP contribution < -0.4 is 0 Å². The van der Waals surface area contributed by atoms with E-state index in [4.69, 9.17) is 9.10 Å². The Balaban J connectivity index is 2.82. The minimum atomic E-state index is 0.195. The first kappa shape index (κ1) is 12.2. The first-order valence-corrected chi connectivity index (χ1v) is 7.49. The predicted molar refractivity (Wildman–Crippen MR) is 63.9 cm³/mol. The van der Waals surface area contributed by atoms with Gasteiger partial charge in [0.25, 0.3) is 0 Å².